The van der Waals surface area contributed by atoms with Gasteiger partial charge in [-0.25, -0.2) is 0 Å². The van der Waals surface area contributed by atoms with Crippen LogP contribution < -0.4 is 0 Å². The third-order valence-electron chi connectivity index (χ3n) is 2.12. The Morgan fingerprint density at radius 1 is 0.667 bits per heavy atom. The second kappa shape index (κ2) is 10.5. The third kappa shape index (κ3) is 6.66. The zero-order valence-electron chi connectivity index (χ0n) is 11.0. The molecule has 2 N–H and O–H groups in total. The van der Waals surface area contributed by atoms with Crippen LogP contribution in [0.1, 0.15) is 0 Å². The van der Waals surface area contributed by atoms with Gasteiger partial charge in [-0.3, -0.25) is 0 Å². The van der Waals surface area contributed by atoms with Crippen LogP contribution in [0.5, 0.6) is 0 Å². The van der Waals surface area contributed by atoms with Crippen LogP contribution in [0.2, 0.25) is 0 Å². The maximum Gasteiger partial charge on any atom is 0.248 e. The summed E-state index contributed by atoms with van der Waals surface area (Å²) in [6.45, 7) is 0. The van der Waals surface area contributed by atoms with Gasteiger partial charge >= 0.3 is 0 Å². The molecular formula is C12H12HgN4O4. The van der Waals surface area contributed by atoms with Gasteiger partial charge in [-0.15, -0.1) is 0 Å². The molecule has 0 spiro atoms. The van der Waals surface area contributed by atoms with Crippen molar-refractivity contribution in [2.75, 3.05) is 0 Å². The molecule has 0 aliphatic carbocycles. The second-order valence-corrected chi connectivity index (χ2v) is 3.40. The van der Waals surface area contributed by atoms with Crippen molar-refractivity contribution >= 4 is 11.4 Å². The first-order valence-corrected chi connectivity index (χ1v) is 5.43. The molecule has 0 unspecified atom stereocenters. The van der Waals surface area contributed by atoms with Crippen LogP contribution in [0.25, 0.3) is 0 Å². The summed E-state index contributed by atoms with van der Waals surface area (Å²) in [7, 11) is 0. The van der Waals surface area contributed by atoms with Gasteiger partial charge in [-0.2, -0.15) is 0 Å². The molecule has 0 heterocycles. The molecule has 2 aromatic rings. The Kier molecular flexibility index (Phi) is 9.43. The zero-order valence-corrected chi connectivity index (χ0v) is 16.5. The first kappa shape index (κ1) is 18.8. The predicted molar refractivity (Wildman–Crippen MR) is 67.9 cm³/mol. The van der Waals surface area contributed by atoms with Gasteiger partial charge in [0.15, 0.2) is 0 Å². The Morgan fingerprint density at radius 3 is 1.19 bits per heavy atom. The summed E-state index contributed by atoms with van der Waals surface area (Å²) >= 11 is 0. The summed E-state index contributed by atoms with van der Waals surface area (Å²) in [5.74, 6) is 0. The largest absolute Gasteiger partial charge is 0.592 e. The van der Waals surface area contributed by atoms with Crippen LogP contribution in [-0.2, 0) is 27.7 Å². The number of benzene rings is 2. The standard InChI is InChI=1S/2C6H6N2O2.Hg/c2*9-7-8(10)6-4-2-1-3-5-6;/h2*1-5,9H;/b2*8-7-;. The van der Waals surface area contributed by atoms with Gasteiger partial charge in [0.1, 0.15) is 0 Å². The molecule has 0 aromatic heterocycles. The molecule has 0 saturated carbocycles. The molecule has 0 aliphatic rings. The Bertz CT molecular complexity index is 525. The van der Waals surface area contributed by atoms with E-state index in [9.17, 15) is 10.4 Å². The van der Waals surface area contributed by atoms with Crippen molar-refractivity contribution in [3.8, 4) is 0 Å². The van der Waals surface area contributed by atoms with E-state index in [2.05, 4.69) is 10.6 Å². The van der Waals surface area contributed by atoms with Crippen LogP contribution in [0, 0.1) is 10.4 Å². The van der Waals surface area contributed by atoms with Crippen LogP contribution in [0.15, 0.2) is 71.2 Å². The van der Waals surface area contributed by atoms with Crippen molar-refractivity contribution in [1.29, 1.82) is 0 Å². The van der Waals surface area contributed by atoms with Crippen LogP contribution in [0.4, 0.5) is 11.4 Å². The van der Waals surface area contributed by atoms with E-state index < -0.39 is 0 Å². The van der Waals surface area contributed by atoms with E-state index in [0.717, 1.165) is 0 Å². The SMILES string of the molecule is [Hg].[O-]/[N+](=N\O)c1ccccc1.[O-]/[N+](=N\O)c1ccccc1. The van der Waals surface area contributed by atoms with Gasteiger partial charge in [0.25, 0.3) is 0 Å². The van der Waals surface area contributed by atoms with Crippen molar-refractivity contribution in [2.24, 2.45) is 10.6 Å². The number of nitrogens with zero attached hydrogens (tertiary/aromatic N) is 4. The molecule has 21 heavy (non-hydrogen) atoms. The molecule has 0 amide bonds. The smallest absolute Gasteiger partial charge is 0.248 e. The molecule has 2 rings (SSSR count). The minimum absolute atomic E-state index is 0. The number of hydrogen-bond donors (Lipinski definition) is 2. The van der Waals surface area contributed by atoms with Crippen LogP contribution >= 0.6 is 0 Å². The van der Waals surface area contributed by atoms with Crippen LogP contribution in [0.3, 0.4) is 0 Å². The number of para-hydroxylation sites is 2. The zero-order chi connectivity index (χ0) is 14.8. The van der Waals surface area contributed by atoms with Gasteiger partial charge in [0, 0.05) is 51.9 Å². The van der Waals surface area contributed by atoms with E-state index >= 15 is 0 Å². The van der Waals surface area contributed by atoms with Gasteiger partial charge in [0.2, 0.25) is 21.9 Å². The van der Waals surface area contributed by atoms with Crippen LogP contribution in [-0.4, -0.2) is 20.1 Å². The van der Waals surface area contributed by atoms with Crippen molar-refractivity contribution < 1.29 is 47.8 Å². The molecule has 0 fully saturated rings. The van der Waals surface area contributed by atoms with Crippen molar-refractivity contribution in [2.45, 2.75) is 0 Å². The molecule has 0 saturated heterocycles. The van der Waals surface area contributed by atoms with Gasteiger partial charge in [0.05, 0.1) is 0 Å². The second-order valence-electron chi connectivity index (χ2n) is 3.40. The first-order valence-electron chi connectivity index (χ1n) is 5.43. The van der Waals surface area contributed by atoms with Gasteiger partial charge in [-0.05, 0) is 9.72 Å². The van der Waals surface area contributed by atoms with E-state index in [1.807, 2.05) is 0 Å². The van der Waals surface area contributed by atoms with Gasteiger partial charge in [-0.1, -0.05) is 36.4 Å². The molecular weight excluding hydrogens is 465 g/mol. The Balaban J connectivity index is 0.000000364. The predicted octanol–water partition coefficient (Wildman–Crippen LogP) is 3.34. The molecule has 0 aliphatic heterocycles. The molecule has 0 bridgehead atoms. The summed E-state index contributed by atoms with van der Waals surface area (Å²) < 4.78 is 0. The van der Waals surface area contributed by atoms with Gasteiger partial charge < -0.3 is 20.8 Å². The Morgan fingerprint density at radius 2 is 0.952 bits per heavy atom. The monoisotopic (exact) mass is 478 g/mol. The minimum atomic E-state index is 0. The number of hydrogen-bond acceptors (Lipinski definition) is 4. The quantitative estimate of drug-likeness (QED) is 0.299. The Hall–Kier alpha value is -2.22. The first-order chi connectivity index (χ1) is 9.69. The topological polar surface area (TPSA) is 117 Å². The van der Waals surface area contributed by atoms with E-state index in [-0.39, 0.29) is 37.4 Å². The van der Waals surface area contributed by atoms with E-state index in [1.165, 1.54) is 0 Å². The maximum absolute atomic E-state index is 10.5. The van der Waals surface area contributed by atoms with E-state index in [4.69, 9.17) is 10.4 Å². The fraction of sp³-hybridized carbons (Fsp3) is 0. The molecule has 106 valence electrons. The third-order valence-corrected chi connectivity index (χ3v) is 2.12. The fourth-order valence-electron chi connectivity index (χ4n) is 1.21. The fourth-order valence-corrected chi connectivity index (χ4v) is 1.21. The summed E-state index contributed by atoms with van der Waals surface area (Å²) in [6.07, 6.45) is 0. The molecule has 9 heteroatoms. The summed E-state index contributed by atoms with van der Waals surface area (Å²) in [4.78, 5) is 0.278. The molecule has 8 nitrogen and oxygen atoms in total. The van der Waals surface area contributed by atoms with E-state index in [1.54, 1.807) is 60.7 Å². The van der Waals surface area contributed by atoms with E-state index in [0.29, 0.717) is 11.4 Å². The molecule has 0 radical (unpaired) electrons. The maximum atomic E-state index is 10.5. The average Bonchev–Trinajstić information content (AvgIpc) is 2.55. The molecule has 2 aromatic carbocycles. The summed E-state index contributed by atoms with van der Waals surface area (Å²) in [5, 5.41) is 42.0. The Labute approximate surface area is 140 Å². The summed E-state index contributed by atoms with van der Waals surface area (Å²) in [6, 6.07) is 16.5. The van der Waals surface area contributed by atoms with Crippen molar-refractivity contribution in [1.82, 2.24) is 0 Å². The summed E-state index contributed by atoms with van der Waals surface area (Å²) in [5.41, 5.74) is 0.620. The van der Waals surface area contributed by atoms with Crippen molar-refractivity contribution in [3.05, 3.63) is 71.1 Å². The molecule has 0 atom stereocenters. The number of rotatable bonds is 2. The minimum Gasteiger partial charge on any atom is -0.592 e. The average molecular weight is 477 g/mol. The van der Waals surface area contributed by atoms with Crippen molar-refractivity contribution in [3.63, 3.8) is 0 Å². The normalized spacial score (nSPS) is 10.9.